The Kier molecular flexibility index (Phi) is 4.91. The van der Waals surface area contributed by atoms with Crippen molar-refractivity contribution in [2.75, 3.05) is 6.61 Å². The van der Waals surface area contributed by atoms with Crippen molar-refractivity contribution in [1.29, 1.82) is 0 Å². The summed E-state index contributed by atoms with van der Waals surface area (Å²) >= 11 is 3.49. The van der Waals surface area contributed by atoms with E-state index < -0.39 is 0 Å². The number of nitrogens with zero attached hydrogens (tertiary/aromatic N) is 3. The maximum absolute atomic E-state index is 12.7. The van der Waals surface area contributed by atoms with Gasteiger partial charge in [0.1, 0.15) is 0 Å². The lowest BCUT2D eigenvalue weighted by Gasteiger charge is -2.35. The number of ether oxygens (including phenoxy) is 1. The quantitative estimate of drug-likeness (QED) is 0.665. The molecule has 1 unspecified atom stereocenters. The van der Waals surface area contributed by atoms with Crippen molar-refractivity contribution in [3.05, 3.63) is 39.6 Å². The lowest BCUT2D eigenvalue weighted by molar-refractivity contribution is -0.123. The molecule has 0 bridgehead atoms. The van der Waals surface area contributed by atoms with Crippen LogP contribution in [0.15, 0.2) is 22.7 Å². The molecule has 3 aromatic rings. The van der Waals surface area contributed by atoms with Crippen LogP contribution in [-0.4, -0.2) is 38.8 Å². The fourth-order valence-corrected chi connectivity index (χ4v) is 4.40. The number of halogens is 1. The van der Waals surface area contributed by atoms with E-state index in [1.807, 2.05) is 36.6 Å². The van der Waals surface area contributed by atoms with Crippen molar-refractivity contribution in [2.45, 2.75) is 58.6 Å². The molecule has 0 spiro atoms. The van der Waals surface area contributed by atoms with Crippen LogP contribution in [0.4, 0.5) is 0 Å². The van der Waals surface area contributed by atoms with Gasteiger partial charge in [0.2, 0.25) is 5.91 Å². The fraction of sp³-hybridized carbons (Fsp3) is 0.476. The topological polar surface area (TPSA) is 68.5 Å². The van der Waals surface area contributed by atoms with Crippen LogP contribution in [0.5, 0.6) is 0 Å². The van der Waals surface area contributed by atoms with E-state index in [1.165, 1.54) is 0 Å². The predicted octanol–water partition coefficient (Wildman–Crippen LogP) is 3.88. The number of aromatic nitrogens is 3. The molecule has 6 nitrogen and oxygen atoms in total. The van der Waals surface area contributed by atoms with Gasteiger partial charge in [0, 0.05) is 39.5 Å². The maximum atomic E-state index is 12.7. The number of rotatable bonds is 3. The van der Waals surface area contributed by atoms with Crippen LogP contribution in [0.1, 0.15) is 43.6 Å². The van der Waals surface area contributed by atoms with E-state index in [9.17, 15) is 4.79 Å². The van der Waals surface area contributed by atoms with Crippen molar-refractivity contribution < 1.29 is 9.53 Å². The second kappa shape index (κ2) is 7.12. The molecule has 0 aliphatic carbocycles. The van der Waals surface area contributed by atoms with Crippen LogP contribution in [0.2, 0.25) is 0 Å². The summed E-state index contributed by atoms with van der Waals surface area (Å²) in [6.45, 7) is 8.78. The van der Waals surface area contributed by atoms with Crippen molar-refractivity contribution in [1.82, 2.24) is 19.9 Å². The Bertz CT molecular complexity index is 1070. The summed E-state index contributed by atoms with van der Waals surface area (Å²) in [6.07, 6.45) is 1.98. The first-order valence-corrected chi connectivity index (χ1v) is 10.4. The van der Waals surface area contributed by atoms with Crippen molar-refractivity contribution in [3.8, 4) is 0 Å². The fourth-order valence-electron chi connectivity index (χ4n) is 4.05. The number of fused-ring (bicyclic) bond motifs is 3. The number of hydrogen-bond donors (Lipinski definition) is 1. The Morgan fingerprint density at radius 2 is 2.18 bits per heavy atom. The van der Waals surface area contributed by atoms with E-state index in [1.54, 1.807) is 0 Å². The first-order valence-electron chi connectivity index (χ1n) is 9.61. The molecule has 1 atom stereocenters. The SMILES string of the molecule is Cc1nc2c3ccc(Br)cc3nn2c(C)c1CC(=O)NC1CCOC(C)(C)C1. The van der Waals surface area contributed by atoms with Gasteiger partial charge in [-0.25, -0.2) is 9.50 Å². The summed E-state index contributed by atoms with van der Waals surface area (Å²) in [5, 5.41) is 8.88. The van der Waals surface area contributed by atoms with Crippen LogP contribution < -0.4 is 5.32 Å². The van der Waals surface area contributed by atoms with Gasteiger partial charge in [0.25, 0.3) is 0 Å². The zero-order chi connectivity index (χ0) is 20.1. The highest BCUT2D eigenvalue weighted by Gasteiger charge is 2.30. The Morgan fingerprint density at radius 1 is 1.39 bits per heavy atom. The smallest absolute Gasteiger partial charge is 0.224 e. The lowest BCUT2D eigenvalue weighted by atomic mass is 9.93. The van der Waals surface area contributed by atoms with Gasteiger partial charge in [0.05, 0.1) is 17.5 Å². The molecular weight excluding hydrogens is 420 g/mol. The molecule has 0 saturated carbocycles. The van der Waals surface area contributed by atoms with Crippen molar-refractivity contribution in [2.24, 2.45) is 0 Å². The van der Waals surface area contributed by atoms with Gasteiger partial charge < -0.3 is 10.1 Å². The van der Waals surface area contributed by atoms with Crippen LogP contribution in [-0.2, 0) is 16.0 Å². The van der Waals surface area contributed by atoms with Gasteiger partial charge in [-0.15, -0.1) is 0 Å². The Balaban J connectivity index is 1.61. The average molecular weight is 445 g/mol. The van der Waals surface area contributed by atoms with Gasteiger partial charge >= 0.3 is 0 Å². The number of aryl methyl sites for hydroxylation is 2. The van der Waals surface area contributed by atoms with Crippen LogP contribution in [0.25, 0.3) is 16.6 Å². The molecule has 1 aliphatic rings. The molecule has 7 heteroatoms. The van der Waals surface area contributed by atoms with E-state index in [0.717, 1.165) is 50.8 Å². The third kappa shape index (κ3) is 3.65. The number of carbonyl (C=O) groups is 1. The second-order valence-corrected chi connectivity index (χ2v) is 9.12. The monoisotopic (exact) mass is 444 g/mol. The third-order valence-corrected chi connectivity index (χ3v) is 5.97. The Labute approximate surface area is 172 Å². The van der Waals surface area contributed by atoms with E-state index in [0.29, 0.717) is 13.0 Å². The number of benzene rings is 1. The predicted molar refractivity (Wildman–Crippen MR) is 113 cm³/mol. The largest absolute Gasteiger partial charge is 0.375 e. The first kappa shape index (κ1) is 19.3. The van der Waals surface area contributed by atoms with Gasteiger partial charge in [-0.3, -0.25) is 4.79 Å². The first-order chi connectivity index (χ1) is 13.2. The zero-order valence-corrected chi connectivity index (χ0v) is 18.3. The number of nitrogens with one attached hydrogen (secondary N) is 1. The van der Waals surface area contributed by atoms with Crippen molar-refractivity contribution >= 4 is 38.4 Å². The summed E-state index contributed by atoms with van der Waals surface area (Å²) in [7, 11) is 0. The van der Waals surface area contributed by atoms with Gasteiger partial charge in [0.15, 0.2) is 5.65 Å². The highest BCUT2D eigenvalue weighted by Crippen LogP contribution is 2.26. The second-order valence-electron chi connectivity index (χ2n) is 8.20. The zero-order valence-electron chi connectivity index (χ0n) is 16.7. The Hall–Kier alpha value is -1.99. The minimum Gasteiger partial charge on any atom is -0.375 e. The Morgan fingerprint density at radius 3 is 2.93 bits per heavy atom. The normalized spacial score (nSPS) is 19.2. The molecular formula is C21H25BrN4O2. The van der Waals surface area contributed by atoms with Crippen LogP contribution >= 0.6 is 15.9 Å². The highest BCUT2D eigenvalue weighted by atomic mass is 79.9. The molecule has 1 aromatic carbocycles. The number of carbonyl (C=O) groups excluding carboxylic acids is 1. The van der Waals surface area contributed by atoms with E-state index in [2.05, 4.69) is 35.1 Å². The summed E-state index contributed by atoms with van der Waals surface area (Å²) in [5.74, 6) is 0.0227. The summed E-state index contributed by atoms with van der Waals surface area (Å²) in [6, 6.07) is 6.15. The summed E-state index contributed by atoms with van der Waals surface area (Å²) < 4.78 is 8.58. The molecule has 1 N–H and O–H groups in total. The molecule has 0 radical (unpaired) electrons. The van der Waals surface area contributed by atoms with Crippen molar-refractivity contribution in [3.63, 3.8) is 0 Å². The molecule has 1 saturated heterocycles. The maximum Gasteiger partial charge on any atom is 0.224 e. The molecule has 2 aromatic heterocycles. The highest BCUT2D eigenvalue weighted by molar-refractivity contribution is 9.10. The molecule has 4 rings (SSSR count). The van der Waals surface area contributed by atoms with E-state index in [4.69, 9.17) is 14.8 Å². The third-order valence-electron chi connectivity index (χ3n) is 5.47. The van der Waals surface area contributed by atoms with Crippen LogP contribution in [0, 0.1) is 13.8 Å². The minimum atomic E-state index is -0.189. The van der Waals surface area contributed by atoms with Gasteiger partial charge in [-0.1, -0.05) is 15.9 Å². The van der Waals surface area contributed by atoms with Crippen LogP contribution in [0.3, 0.4) is 0 Å². The summed E-state index contributed by atoms with van der Waals surface area (Å²) in [5.41, 5.74) is 4.28. The number of amides is 1. The number of hydrogen-bond acceptors (Lipinski definition) is 4. The molecule has 1 amide bonds. The minimum absolute atomic E-state index is 0.0227. The van der Waals surface area contributed by atoms with Gasteiger partial charge in [-0.2, -0.15) is 5.10 Å². The molecule has 148 valence electrons. The summed E-state index contributed by atoms with van der Waals surface area (Å²) in [4.78, 5) is 17.5. The average Bonchev–Trinajstić information content (AvgIpc) is 2.95. The molecule has 28 heavy (non-hydrogen) atoms. The molecule has 1 aliphatic heterocycles. The molecule has 1 fully saturated rings. The van der Waals surface area contributed by atoms with E-state index in [-0.39, 0.29) is 17.6 Å². The molecule has 3 heterocycles. The standard InChI is InChI=1S/C21H25BrN4O2/c1-12-17(10-19(27)24-15-7-8-28-21(3,4)11-15)13(2)26-20(23-12)16-6-5-14(22)9-18(16)25-26/h5-6,9,15H,7-8,10-11H2,1-4H3,(H,24,27). The lowest BCUT2D eigenvalue weighted by Crippen LogP contribution is -2.46. The van der Waals surface area contributed by atoms with E-state index >= 15 is 0 Å². The van der Waals surface area contributed by atoms with Gasteiger partial charge in [-0.05, 0) is 58.7 Å².